The molecule has 37 heavy (non-hydrogen) atoms. The molecule has 2 aliphatic rings. The van der Waals surface area contributed by atoms with Gasteiger partial charge < -0.3 is 24.6 Å². The minimum Gasteiger partial charge on any atom is -0.437 e. The number of benzene rings is 1. The van der Waals surface area contributed by atoms with Gasteiger partial charge in [0.25, 0.3) is 5.91 Å². The number of likely N-dealkylation sites (N-methyl/N-ethyl adjacent to an activating group) is 1. The van der Waals surface area contributed by atoms with Crippen LogP contribution in [0.3, 0.4) is 0 Å². The van der Waals surface area contributed by atoms with Gasteiger partial charge in [-0.1, -0.05) is 30.9 Å². The SMILES string of the molecule is CN1CCN(C(=O)C(COCC2CCCCC2)NC(=O)c2cccnc2Oc2ccc(F)cc2Cl)CC1. The first-order valence-corrected chi connectivity index (χ1v) is 13.2. The molecule has 2 heterocycles. The second-order valence-electron chi connectivity index (χ2n) is 9.73. The van der Waals surface area contributed by atoms with E-state index < -0.39 is 17.8 Å². The monoisotopic (exact) mass is 532 g/mol. The molecule has 1 N–H and O–H groups in total. The first-order valence-electron chi connectivity index (χ1n) is 12.8. The van der Waals surface area contributed by atoms with Crippen molar-refractivity contribution in [2.24, 2.45) is 5.92 Å². The van der Waals surface area contributed by atoms with E-state index in [9.17, 15) is 14.0 Å². The molecule has 10 heteroatoms. The standard InChI is InChI=1S/C27H34ClFN4O4/c1-32-12-14-33(15-13-32)27(35)23(18-36-17-19-6-3-2-4-7-19)31-25(34)21-8-5-11-30-26(21)37-24-10-9-20(29)16-22(24)28/h5,8-11,16,19,23H,2-4,6-7,12-15,17-18H2,1H3,(H,31,34). The molecular weight excluding hydrogens is 499 g/mol. The molecule has 8 nitrogen and oxygen atoms in total. The van der Waals surface area contributed by atoms with Crippen LogP contribution in [0.5, 0.6) is 11.6 Å². The van der Waals surface area contributed by atoms with Gasteiger partial charge in [-0.3, -0.25) is 9.59 Å². The van der Waals surface area contributed by atoms with E-state index in [0.29, 0.717) is 25.6 Å². The van der Waals surface area contributed by atoms with Gasteiger partial charge in [-0.25, -0.2) is 9.37 Å². The topological polar surface area (TPSA) is 84.0 Å². The predicted molar refractivity (Wildman–Crippen MR) is 138 cm³/mol. The lowest BCUT2D eigenvalue weighted by Gasteiger charge is -2.35. The summed E-state index contributed by atoms with van der Waals surface area (Å²) >= 11 is 6.09. The van der Waals surface area contributed by atoms with Crippen molar-refractivity contribution >= 4 is 23.4 Å². The fourth-order valence-electron chi connectivity index (χ4n) is 4.67. The van der Waals surface area contributed by atoms with E-state index >= 15 is 0 Å². The van der Waals surface area contributed by atoms with Gasteiger partial charge in [-0.05, 0) is 56.1 Å². The summed E-state index contributed by atoms with van der Waals surface area (Å²) in [6.45, 7) is 3.40. The molecule has 4 rings (SSSR count). The van der Waals surface area contributed by atoms with Crippen LogP contribution in [0, 0.1) is 11.7 Å². The lowest BCUT2D eigenvalue weighted by molar-refractivity contribution is -0.136. The average molecular weight is 533 g/mol. The van der Waals surface area contributed by atoms with Gasteiger partial charge in [0.15, 0.2) is 0 Å². The van der Waals surface area contributed by atoms with Crippen LogP contribution in [0.15, 0.2) is 36.5 Å². The molecule has 0 spiro atoms. The van der Waals surface area contributed by atoms with Gasteiger partial charge in [-0.15, -0.1) is 0 Å². The number of hydrogen-bond donors (Lipinski definition) is 1. The zero-order valence-electron chi connectivity index (χ0n) is 21.1. The molecule has 1 saturated heterocycles. The number of piperazine rings is 1. The van der Waals surface area contributed by atoms with E-state index in [1.165, 1.54) is 37.6 Å². The lowest BCUT2D eigenvalue weighted by atomic mass is 9.90. The highest BCUT2D eigenvalue weighted by molar-refractivity contribution is 6.32. The Morgan fingerprint density at radius 2 is 1.92 bits per heavy atom. The first-order chi connectivity index (χ1) is 17.9. The van der Waals surface area contributed by atoms with E-state index in [1.54, 1.807) is 17.0 Å². The number of nitrogens with one attached hydrogen (secondary N) is 1. The molecule has 1 unspecified atom stereocenters. The van der Waals surface area contributed by atoms with Crippen LogP contribution in [0.2, 0.25) is 5.02 Å². The Hall–Kier alpha value is -2.75. The van der Waals surface area contributed by atoms with Crippen LogP contribution < -0.4 is 10.1 Å². The molecule has 2 aromatic rings. The number of carbonyl (C=O) groups is 2. The molecule has 1 aromatic heterocycles. The summed E-state index contributed by atoms with van der Waals surface area (Å²) in [5, 5.41) is 2.90. The zero-order chi connectivity index (χ0) is 26.2. The van der Waals surface area contributed by atoms with Gasteiger partial charge in [0.05, 0.1) is 11.6 Å². The molecule has 0 bridgehead atoms. The van der Waals surface area contributed by atoms with E-state index in [1.807, 2.05) is 7.05 Å². The maximum atomic E-state index is 13.4. The van der Waals surface area contributed by atoms with Crippen molar-refractivity contribution in [3.63, 3.8) is 0 Å². The van der Waals surface area contributed by atoms with E-state index in [-0.39, 0.29) is 34.7 Å². The molecular formula is C27H34ClFN4O4. The molecule has 2 amide bonds. The van der Waals surface area contributed by atoms with Crippen LogP contribution in [0.1, 0.15) is 42.5 Å². The Labute approximate surface area is 222 Å². The third-order valence-corrected chi connectivity index (χ3v) is 7.19. The van der Waals surface area contributed by atoms with E-state index in [2.05, 4.69) is 15.2 Å². The quantitative estimate of drug-likeness (QED) is 0.522. The number of amides is 2. The van der Waals surface area contributed by atoms with Crippen molar-refractivity contribution in [2.45, 2.75) is 38.1 Å². The Bertz CT molecular complexity index is 1070. The number of nitrogens with zero attached hydrogens (tertiary/aromatic N) is 3. The Balaban J connectivity index is 1.46. The molecule has 200 valence electrons. The maximum Gasteiger partial charge on any atom is 0.257 e. The normalized spacial score (nSPS) is 17.9. The van der Waals surface area contributed by atoms with Crippen LogP contribution >= 0.6 is 11.6 Å². The van der Waals surface area contributed by atoms with Crippen molar-refractivity contribution < 1.29 is 23.5 Å². The van der Waals surface area contributed by atoms with Crippen LogP contribution in [-0.4, -0.2) is 79.1 Å². The van der Waals surface area contributed by atoms with Gasteiger partial charge in [-0.2, -0.15) is 0 Å². The van der Waals surface area contributed by atoms with Crippen molar-refractivity contribution in [3.8, 4) is 11.6 Å². The molecule has 1 aliphatic heterocycles. The van der Waals surface area contributed by atoms with Crippen LogP contribution in [0.25, 0.3) is 0 Å². The summed E-state index contributed by atoms with van der Waals surface area (Å²) < 4.78 is 25.2. The summed E-state index contributed by atoms with van der Waals surface area (Å²) in [6.07, 6.45) is 7.41. The van der Waals surface area contributed by atoms with Gasteiger partial charge in [0, 0.05) is 39.0 Å². The highest BCUT2D eigenvalue weighted by Gasteiger charge is 2.30. The molecule has 1 atom stereocenters. The van der Waals surface area contributed by atoms with Gasteiger partial charge in [0.1, 0.15) is 23.2 Å². The van der Waals surface area contributed by atoms with Crippen molar-refractivity contribution in [1.82, 2.24) is 20.1 Å². The summed E-state index contributed by atoms with van der Waals surface area (Å²) in [5.74, 6) is -0.537. The van der Waals surface area contributed by atoms with Gasteiger partial charge in [0.2, 0.25) is 11.8 Å². The Morgan fingerprint density at radius 1 is 1.16 bits per heavy atom. The number of ether oxygens (including phenoxy) is 2. The summed E-state index contributed by atoms with van der Waals surface area (Å²) in [4.78, 5) is 34.9. The molecule has 2 fully saturated rings. The van der Waals surface area contributed by atoms with Crippen molar-refractivity contribution in [1.29, 1.82) is 0 Å². The van der Waals surface area contributed by atoms with Crippen LogP contribution in [0.4, 0.5) is 4.39 Å². The van der Waals surface area contributed by atoms with Crippen molar-refractivity contribution in [2.75, 3.05) is 46.4 Å². The van der Waals surface area contributed by atoms with E-state index in [0.717, 1.165) is 32.0 Å². The molecule has 1 saturated carbocycles. The largest absolute Gasteiger partial charge is 0.437 e. The average Bonchev–Trinajstić information content (AvgIpc) is 2.90. The minimum absolute atomic E-state index is 0.00225. The number of carbonyl (C=O) groups excluding carboxylic acids is 2. The molecule has 1 aromatic carbocycles. The fourth-order valence-corrected chi connectivity index (χ4v) is 4.88. The number of aromatic nitrogens is 1. The van der Waals surface area contributed by atoms with E-state index in [4.69, 9.17) is 21.1 Å². The van der Waals surface area contributed by atoms with Crippen LogP contribution in [-0.2, 0) is 9.53 Å². The number of halogens is 2. The summed E-state index contributed by atoms with van der Waals surface area (Å²) in [5.41, 5.74) is 0.131. The first kappa shape index (κ1) is 27.3. The maximum absolute atomic E-state index is 13.4. The smallest absolute Gasteiger partial charge is 0.257 e. The third-order valence-electron chi connectivity index (χ3n) is 6.90. The lowest BCUT2D eigenvalue weighted by Crippen LogP contribution is -2.55. The highest BCUT2D eigenvalue weighted by Crippen LogP contribution is 2.30. The highest BCUT2D eigenvalue weighted by atomic mass is 35.5. The zero-order valence-corrected chi connectivity index (χ0v) is 21.9. The second-order valence-corrected chi connectivity index (χ2v) is 10.1. The fraction of sp³-hybridized carbons (Fsp3) is 0.519. The van der Waals surface area contributed by atoms with Crippen molar-refractivity contribution in [3.05, 3.63) is 52.9 Å². The summed E-state index contributed by atoms with van der Waals surface area (Å²) in [7, 11) is 2.02. The number of pyridine rings is 1. The Morgan fingerprint density at radius 3 is 2.65 bits per heavy atom. The minimum atomic E-state index is -0.845. The number of hydrogen-bond acceptors (Lipinski definition) is 6. The third kappa shape index (κ3) is 7.63. The second kappa shape index (κ2) is 13.2. The predicted octanol–water partition coefficient (Wildman–Crippen LogP) is 4.14. The summed E-state index contributed by atoms with van der Waals surface area (Å²) in [6, 6.07) is 6.00. The molecule has 0 radical (unpaired) electrons. The van der Waals surface area contributed by atoms with Gasteiger partial charge >= 0.3 is 0 Å². The number of rotatable bonds is 9. The molecule has 1 aliphatic carbocycles. The Kier molecular flexibility index (Phi) is 9.71.